The first kappa shape index (κ1) is 20.3. The van der Waals surface area contributed by atoms with Gasteiger partial charge in [0.15, 0.2) is 0 Å². The summed E-state index contributed by atoms with van der Waals surface area (Å²) in [5, 5.41) is 11.4. The van der Waals surface area contributed by atoms with Gasteiger partial charge in [0.05, 0.1) is 5.60 Å². The van der Waals surface area contributed by atoms with Crippen molar-refractivity contribution in [3.8, 4) is 0 Å². The highest BCUT2D eigenvalue weighted by molar-refractivity contribution is 5.25. The average molecular weight is 389 g/mol. The summed E-state index contributed by atoms with van der Waals surface area (Å²) in [6, 6.07) is 7.37. The van der Waals surface area contributed by atoms with Gasteiger partial charge in [-0.25, -0.2) is 4.39 Å². The van der Waals surface area contributed by atoms with Crippen molar-refractivity contribution in [2.45, 2.75) is 77.0 Å². The van der Waals surface area contributed by atoms with Crippen LogP contribution in [-0.2, 0) is 5.60 Å². The second-order valence-corrected chi connectivity index (χ2v) is 10.6. The Bertz CT molecular complexity index is 652. The number of halogens is 1. The Morgan fingerprint density at radius 1 is 1.00 bits per heavy atom. The zero-order chi connectivity index (χ0) is 19.9. The highest BCUT2D eigenvalue weighted by Crippen LogP contribution is 2.46. The van der Waals surface area contributed by atoms with Crippen molar-refractivity contribution in [3.63, 3.8) is 0 Å². The van der Waals surface area contributed by atoms with E-state index >= 15 is 0 Å². The maximum absolute atomic E-state index is 13.3. The van der Waals surface area contributed by atoms with E-state index in [1.54, 1.807) is 12.1 Å². The van der Waals surface area contributed by atoms with Gasteiger partial charge in [-0.2, -0.15) is 0 Å². The van der Waals surface area contributed by atoms with Gasteiger partial charge in [-0.1, -0.05) is 32.9 Å². The third kappa shape index (κ3) is 4.29. The van der Waals surface area contributed by atoms with Gasteiger partial charge < -0.3 is 10.0 Å². The SMILES string of the molecule is CC1CCN(CC(C)(C)CN2[C@H]3CC[C@H]2CC(O)(c2ccc(F)cc2)C3)CC1. The molecule has 2 atom stereocenters. The van der Waals surface area contributed by atoms with Crippen LogP contribution in [-0.4, -0.2) is 53.2 Å². The molecule has 2 bridgehead atoms. The van der Waals surface area contributed by atoms with Crippen LogP contribution in [0.3, 0.4) is 0 Å². The molecule has 3 saturated heterocycles. The average Bonchev–Trinajstić information content (AvgIpc) is 2.87. The van der Waals surface area contributed by atoms with Crippen LogP contribution in [0.15, 0.2) is 24.3 Å². The Morgan fingerprint density at radius 3 is 2.14 bits per heavy atom. The molecule has 4 heteroatoms. The van der Waals surface area contributed by atoms with E-state index in [4.69, 9.17) is 0 Å². The van der Waals surface area contributed by atoms with E-state index in [1.165, 1.54) is 50.9 Å². The van der Waals surface area contributed by atoms with Gasteiger partial charge in [-0.15, -0.1) is 0 Å². The summed E-state index contributed by atoms with van der Waals surface area (Å²) in [6.07, 6.45) is 6.54. The summed E-state index contributed by atoms with van der Waals surface area (Å²) in [4.78, 5) is 5.34. The van der Waals surface area contributed by atoms with E-state index in [0.717, 1.165) is 37.4 Å². The van der Waals surface area contributed by atoms with Crippen LogP contribution in [0.1, 0.15) is 64.9 Å². The van der Waals surface area contributed by atoms with Gasteiger partial charge >= 0.3 is 0 Å². The molecule has 0 saturated carbocycles. The van der Waals surface area contributed by atoms with Gasteiger partial charge in [-0.3, -0.25) is 4.90 Å². The summed E-state index contributed by atoms with van der Waals surface area (Å²) in [7, 11) is 0. The Kier molecular flexibility index (Phi) is 5.58. The zero-order valence-electron chi connectivity index (χ0n) is 17.8. The smallest absolute Gasteiger partial charge is 0.123 e. The molecule has 0 aromatic heterocycles. The van der Waals surface area contributed by atoms with Crippen molar-refractivity contribution >= 4 is 0 Å². The molecule has 0 radical (unpaired) electrons. The fourth-order valence-electron chi connectivity index (χ4n) is 5.94. The van der Waals surface area contributed by atoms with Gasteiger partial charge in [0.2, 0.25) is 0 Å². The highest BCUT2D eigenvalue weighted by atomic mass is 19.1. The molecule has 3 nitrogen and oxygen atoms in total. The fraction of sp³-hybridized carbons (Fsp3) is 0.750. The molecule has 0 unspecified atom stereocenters. The number of nitrogens with zero attached hydrogens (tertiary/aromatic N) is 2. The molecule has 1 N–H and O–H groups in total. The number of hydrogen-bond donors (Lipinski definition) is 1. The fourth-order valence-corrected chi connectivity index (χ4v) is 5.94. The van der Waals surface area contributed by atoms with Crippen molar-refractivity contribution in [3.05, 3.63) is 35.6 Å². The lowest BCUT2D eigenvalue weighted by atomic mass is 9.79. The van der Waals surface area contributed by atoms with Crippen molar-refractivity contribution in [1.82, 2.24) is 9.80 Å². The first-order valence-corrected chi connectivity index (χ1v) is 11.2. The number of piperidine rings is 2. The number of hydrogen-bond acceptors (Lipinski definition) is 3. The van der Waals surface area contributed by atoms with E-state index in [9.17, 15) is 9.50 Å². The number of fused-ring (bicyclic) bond motifs is 2. The molecule has 3 aliphatic rings. The Morgan fingerprint density at radius 2 is 1.57 bits per heavy atom. The summed E-state index contributed by atoms with van der Waals surface area (Å²) < 4.78 is 13.3. The summed E-state index contributed by atoms with van der Waals surface area (Å²) in [5.74, 6) is 0.642. The largest absolute Gasteiger partial charge is 0.385 e. The van der Waals surface area contributed by atoms with E-state index < -0.39 is 5.60 Å². The minimum absolute atomic E-state index is 0.235. The number of aliphatic hydroxyl groups is 1. The zero-order valence-corrected chi connectivity index (χ0v) is 17.8. The second-order valence-electron chi connectivity index (χ2n) is 10.6. The third-order valence-electron chi connectivity index (χ3n) is 7.44. The van der Waals surface area contributed by atoms with E-state index in [1.807, 2.05) is 0 Å². The summed E-state index contributed by atoms with van der Waals surface area (Å²) >= 11 is 0. The molecule has 3 fully saturated rings. The van der Waals surface area contributed by atoms with Crippen LogP contribution in [0.4, 0.5) is 4.39 Å². The van der Waals surface area contributed by atoms with E-state index in [0.29, 0.717) is 12.1 Å². The van der Waals surface area contributed by atoms with Gasteiger partial charge in [0, 0.05) is 25.2 Å². The molecule has 0 aliphatic carbocycles. The molecule has 1 aromatic rings. The van der Waals surface area contributed by atoms with Crippen LogP contribution in [0.2, 0.25) is 0 Å². The van der Waals surface area contributed by atoms with Crippen LogP contribution in [0.5, 0.6) is 0 Å². The predicted molar refractivity (Wildman–Crippen MR) is 112 cm³/mol. The maximum atomic E-state index is 13.3. The molecule has 28 heavy (non-hydrogen) atoms. The predicted octanol–water partition coefficient (Wildman–Crippen LogP) is 4.40. The lowest BCUT2D eigenvalue weighted by Gasteiger charge is -2.47. The normalized spacial score (nSPS) is 32.8. The number of benzene rings is 1. The molecule has 0 spiro atoms. The molecule has 3 heterocycles. The maximum Gasteiger partial charge on any atom is 0.123 e. The van der Waals surface area contributed by atoms with E-state index in [2.05, 4.69) is 30.6 Å². The van der Waals surface area contributed by atoms with Crippen molar-refractivity contribution in [1.29, 1.82) is 0 Å². The number of likely N-dealkylation sites (tertiary alicyclic amines) is 1. The first-order chi connectivity index (χ1) is 13.2. The highest BCUT2D eigenvalue weighted by Gasteiger charge is 2.49. The Balaban J connectivity index is 1.40. The Hall–Kier alpha value is -0.970. The number of rotatable bonds is 5. The molecular weight excluding hydrogens is 351 g/mol. The van der Waals surface area contributed by atoms with Crippen molar-refractivity contribution < 1.29 is 9.50 Å². The first-order valence-electron chi connectivity index (χ1n) is 11.2. The van der Waals surface area contributed by atoms with Gasteiger partial charge in [-0.05, 0) is 80.6 Å². The summed E-state index contributed by atoms with van der Waals surface area (Å²) in [6.45, 7) is 11.9. The van der Waals surface area contributed by atoms with Crippen LogP contribution < -0.4 is 0 Å². The molecule has 156 valence electrons. The van der Waals surface area contributed by atoms with Crippen LogP contribution in [0.25, 0.3) is 0 Å². The lowest BCUT2D eigenvalue weighted by Crippen LogP contribution is -2.53. The van der Waals surface area contributed by atoms with Gasteiger partial charge in [0.25, 0.3) is 0 Å². The molecular formula is C24H37FN2O. The monoisotopic (exact) mass is 388 g/mol. The molecule has 3 aliphatic heterocycles. The minimum atomic E-state index is -0.802. The quantitative estimate of drug-likeness (QED) is 0.810. The topological polar surface area (TPSA) is 26.7 Å². The molecule has 1 aromatic carbocycles. The summed E-state index contributed by atoms with van der Waals surface area (Å²) in [5.41, 5.74) is 0.336. The third-order valence-corrected chi connectivity index (χ3v) is 7.44. The second kappa shape index (κ2) is 7.70. The van der Waals surface area contributed by atoms with Crippen molar-refractivity contribution in [2.24, 2.45) is 11.3 Å². The molecule has 0 amide bonds. The van der Waals surface area contributed by atoms with Gasteiger partial charge in [0.1, 0.15) is 5.82 Å². The van der Waals surface area contributed by atoms with Crippen molar-refractivity contribution in [2.75, 3.05) is 26.2 Å². The molecule has 4 rings (SSSR count). The Labute approximate surface area is 169 Å². The standard InChI is InChI=1S/C24H37FN2O/c1-18-10-12-26(13-11-18)16-23(2,3)17-27-21-8-9-22(27)15-24(28,14-21)19-4-6-20(25)7-5-19/h4-7,18,21-22,28H,8-17H2,1-3H3/t21-,22-/m0/s1. The lowest BCUT2D eigenvalue weighted by molar-refractivity contribution is -0.0674. The van der Waals surface area contributed by atoms with Crippen LogP contribution in [0, 0.1) is 17.2 Å². The van der Waals surface area contributed by atoms with E-state index in [-0.39, 0.29) is 11.2 Å². The van der Waals surface area contributed by atoms with Crippen LogP contribution >= 0.6 is 0 Å². The minimum Gasteiger partial charge on any atom is -0.385 e.